The second-order valence-electron chi connectivity index (χ2n) is 5.45. The lowest BCUT2D eigenvalue weighted by Gasteiger charge is -2.16. The fourth-order valence-electron chi connectivity index (χ4n) is 2.20. The van der Waals surface area contributed by atoms with Crippen molar-refractivity contribution in [2.24, 2.45) is 0 Å². The molecule has 2 aromatic carbocycles. The van der Waals surface area contributed by atoms with Crippen molar-refractivity contribution in [2.45, 2.75) is 17.4 Å². The monoisotopic (exact) mass is 433 g/mol. The van der Waals surface area contributed by atoms with E-state index in [4.69, 9.17) is 28.3 Å². The second-order valence-corrected chi connectivity index (χ2v) is 7.95. The molecule has 0 amide bonds. The molecule has 0 aliphatic carbocycles. The zero-order chi connectivity index (χ0) is 20.4. The second kappa shape index (κ2) is 8.13. The molecule has 0 aliphatic rings. The van der Waals surface area contributed by atoms with Crippen molar-refractivity contribution in [1.82, 2.24) is 4.72 Å². The number of phenolic OH excluding ortho intramolecular Hbond substituents is 1. The van der Waals surface area contributed by atoms with Gasteiger partial charge in [0.15, 0.2) is 0 Å². The van der Waals surface area contributed by atoms with Gasteiger partial charge < -0.3 is 15.3 Å². The number of aromatic hydroxyl groups is 1. The van der Waals surface area contributed by atoms with Gasteiger partial charge in [-0.15, -0.1) is 0 Å². The number of aliphatic carboxylic acids is 1. The van der Waals surface area contributed by atoms with E-state index in [1.165, 1.54) is 24.3 Å². The Morgan fingerprint density at radius 2 is 1.63 bits per heavy atom. The van der Waals surface area contributed by atoms with Gasteiger partial charge in [0.2, 0.25) is 10.0 Å². The van der Waals surface area contributed by atoms with Crippen LogP contribution in [0.15, 0.2) is 41.3 Å². The highest BCUT2D eigenvalue weighted by molar-refractivity contribution is 7.89. The minimum absolute atomic E-state index is 0.0275. The molecule has 0 spiro atoms. The number of aromatic carboxylic acids is 1. The van der Waals surface area contributed by atoms with Crippen LogP contribution in [0.25, 0.3) is 0 Å². The lowest BCUT2D eigenvalue weighted by Crippen LogP contribution is -2.42. The van der Waals surface area contributed by atoms with Crippen LogP contribution in [0.4, 0.5) is 0 Å². The normalized spacial score (nSPS) is 12.5. The van der Waals surface area contributed by atoms with Crippen LogP contribution in [0.2, 0.25) is 10.0 Å². The number of halogens is 2. The fourth-order valence-corrected chi connectivity index (χ4v) is 4.24. The summed E-state index contributed by atoms with van der Waals surface area (Å²) in [7, 11) is -4.47. The number of carboxylic acid groups (broad SMARTS) is 2. The van der Waals surface area contributed by atoms with Gasteiger partial charge in [0.25, 0.3) is 0 Å². The smallest absolute Gasteiger partial charge is 0.337 e. The third-order valence-corrected chi connectivity index (χ3v) is 5.76. The summed E-state index contributed by atoms with van der Waals surface area (Å²) < 4.78 is 27.1. The molecule has 11 heteroatoms. The molecule has 0 aromatic heterocycles. The Morgan fingerprint density at radius 1 is 1.04 bits per heavy atom. The first-order valence-electron chi connectivity index (χ1n) is 7.26. The van der Waals surface area contributed by atoms with E-state index < -0.39 is 38.5 Å². The standard InChI is InChI=1S/C16H13Cl2NO7S/c17-11-7-12(18)14(6-10(11)15(21)22)27(25,26)19-13(16(23)24)5-8-1-3-9(20)4-2-8/h1-4,6-7,13,19-20H,5H2,(H,21,22)(H,23,24)/t13-/m0/s1. The molecule has 4 N–H and O–H groups in total. The fraction of sp³-hybridized carbons (Fsp3) is 0.125. The third kappa shape index (κ3) is 5.10. The highest BCUT2D eigenvalue weighted by Crippen LogP contribution is 2.29. The number of hydrogen-bond acceptors (Lipinski definition) is 5. The van der Waals surface area contributed by atoms with Gasteiger partial charge in [0.1, 0.15) is 16.7 Å². The summed E-state index contributed by atoms with van der Waals surface area (Å²) in [5.41, 5.74) is -0.0387. The Balaban J connectivity index is 2.37. The van der Waals surface area contributed by atoms with Gasteiger partial charge >= 0.3 is 11.9 Å². The maximum Gasteiger partial charge on any atom is 0.337 e. The predicted molar refractivity (Wildman–Crippen MR) is 97.0 cm³/mol. The molecule has 2 rings (SSSR count). The zero-order valence-corrected chi connectivity index (χ0v) is 15.7. The van der Waals surface area contributed by atoms with Gasteiger partial charge in [-0.05, 0) is 36.2 Å². The lowest BCUT2D eigenvalue weighted by molar-refractivity contribution is -0.138. The van der Waals surface area contributed by atoms with Crippen LogP contribution in [0.3, 0.4) is 0 Å². The zero-order valence-electron chi connectivity index (χ0n) is 13.4. The van der Waals surface area contributed by atoms with Crippen molar-refractivity contribution in [3.8, 4) is 5.75 Å². The van der Waals surface area contributed by atoms with Crippen molar-refractivity contribution in [2.75, 3.05) is 0 Å². The van der Waals surface area contributed by atoms with Crippen LogP contribution >= 0.6 is 23.2 Å². The van der Waals surface area contributed by atoms with Crippen LogP contribution in [0.5, 0.6) is 5.75 Å². The Kier molecular flexibility index (Phi) is 6.32. The average molecular weight is 434 g/mol. The summed E-state index contributed by atoms with van der Waals surface area (Å²) in [6, 6.07) is 5.70. The van der Waals surface area contributed by atoms with Crippen LogP contribution in [0.1, 0.15) is 15.9 Å². The first-order valence-corrected chi connectivity index (χ1v) is 9.50. The molecule has 0 unspecified atom stereocenters. The minimum atomic E-state index is -4.47. The molecule has 144 valence electrons. The molecule has 0 saturated carbocycles. The highest BCUT2D eigenvalue weighted by Gasteiger charge is 2.28. The number of sulfonamides is 1. The molecule has 0 saturated heterocycles. The Morgan fingerprint density at radius 3 is 2.15 bits per heavy atom. The first kappa shape index (κ1) is 21.0. The van der Waals surface area contributed by atoms with Gasteiger partial charge in [-0.3, -0.25) is 4.79 Å². The average Bonchev–Trinajstić information content (AvgIpc) is 2.55. The maximum atomic E-state index is 12.6. The van der Waals surface area contributed by atoms with E-state index in [1.54, 1.807) is 0 Å². The molecule has 2 aromatic rings. The number of phenols is 1. The van der Waals surface area contributed by atoms with Gasteiger partial charge in [-0.1, -0.05) is 35.3 Å². The summed E-state index contributed by atoms with van der Waals surface area (Å²) in [5.74, 6) is -2.94. The molecule has 27 heavy (non-hydrogen) atoms. The van der Waals surface area contributed by atoms with Crippen LogP contribution in [0, 0.1) is 0 Å². The van der Waals surface area contributed by atoms with Crippen molar-refractivity contribution < 1.29 is 33.3 Å². The van der Waals surface area contributed by atoms with E-state index in [0.717, 1.165) is 12.1 Å². The molecule has 0 radical (unpaired) electrons. The van der Waals surface area contributed by atoms with Crippen molar-refractivity contribution >= 4 is 45.2 Å². The summed E-state index contributed by atoms with van der Waals surface area (Å²) in [6.07, 6.45) is -0.216. The summed E-state index contributed by atoms with van der Waals surface area (Å²) in [5, 5.41) is 27.1. The van der Waals surface area contributed by atoms with E-state index >= 15 is 0 Å². The number of rotatable bonds is 7. The summed E-state index contributed by atoms with van der Waals surface area (Å²) >= 11 is 11.6. The molecule has 0 bridgehead atoms. The van der Waals surface area contributed by atoms with E-state index in [9.17, 15) is 28.2 Å². The summed E-state index contributed by atoms with van der Waals surface area (Å²) in [6.45, 7) is 0. The van der Waals surface area contributed by atoms with E-state index in [1.807, 2.05) is 4.72 Å². The molecular formula is C16H13Cl2NO7S. The lowest BCUT2D eigenvalue weighted by atomic mass is 10.1. The molecule has 1 atom stereocenters. The first-order chi connectivity index (χ1) is 12.5. The van der Waals surface area contributed by atoms with Crippen LogP contribution < -0.4 is 4.72 Å². The predicted octanol–water partition coefficient (Wildman–Crippen LogP) is 2.37. The largest absolute Gasteiger partial charge is 0.508 e. The number of nitrogens with one attached hydrogen (secondary N) is 1. The van der Waals surface area contributed by atoms with Gasteiger partial charge in [0, 0.05) is 0 Å². The van der Waals surface area contributed by atoms with Crippen LogP contribution in [-0.4, -0.2) is 41.7 Å². The quantitative estimate of drug-likeness (QED) is 0.524. The van der Waals surface area contributed by atoms with Gasteiger partial charge in [-0.2, -0.15) is 4.72 Å². The topological polar surface area (TPSA) is 141 Å². The van der Waals surface area contributed by atoms with Gasteiger partial charge in [0.05, 0.1) is 15.6 Å². The molecular weight excluding hydrogens is 421 g/mol. The molecule has 0 fully saturated rings. The van der Waals surface area contributed by atoms with E-state index in [-0.39, 0.29) is 22.2 Å². The molecule has 8 nitrogen and oxygen atoms in total. The number of carbonyl (C=O) groups is 2. The van der Waals surface area contributed by atoms with Crippen molar-refractivity contribution in [3.05, 3.63) is 57.6 Å². The highest BCUT2D eigenvalue weighted by atomic mass is 35.5. The van der Waals surface area contributed by atoms with E-state index in [2.05, 4.69) is 0 Å². The maximum absolute atomic E-state index is 12.6. The van der Waals surface area contributed by atoms with Gasteiger partial charge in [-0.25, -0.2) is 13.2 Å². The Hall–Kier alpha value is -2.33. The van der Waals surface area contributed by atoms with Crippen molar-refractivity contribution in [1.29, 1.82) is 0 Å². The van der Waals surface area contributed by atoms with Crippen LogP contribution in [-0.2, 0) is 21.2 Å². The Labute approximate surface area is 164 Å². The third-order valence-electron chi connectivity index (χ3n) is 3.51. The van der Waals surface area contributed by atoms with E-state index in [0.29, 0.717) is 5.56 Å². The van der Waals surface area contributed by atoms with Crippen molar-refractivity contribution in [3.63, 3.8) is 0 Å². The number of carboxylic acids is 2. The molecule has 0 heterocycles. The number of hydrogen-bond donors (Lipinski definition) is 4. The number of benzene rings is 2. The minimum Gasteiger partial charge on any atom is -0.508 e. The molecule has 0 aliphatic heterocycles. The Bertz CT molecular complexity index is 991. The summed E-state index contributed by atoms with van der Waals surface area (Å²) in [4.78, 5) is 22.0. The SMILES string of the molecule is O=C(O)c1cc(S(=O)(=O)N[C@@H](Cc2ccc(O)cc2)C(=O)O)c(Cl)cc1Cl.